The number of nitrogens with two attached hydrogens (primary N) is 1. The fourth-order valence-corrected chi connectivity index (χ4v) is 2.80. The van der Waals surface area contributed by atoms with Crippen LogP contribution in [0, 0.1) is 6.92 Å². The Kier molecular flexibility index (Phi) is 4.53. The molecule has 1 heterocycles. The van der Waals surface area contributed by atoms with Gasteiger partial charge in [0.15, 0.2) is 0 Å². The van der Waals surface area contributed by atoms with Gasteiger partial charge in [-0.15, -0.1) is 0 Å². The van der Waals surface area contributed by atoms with Crippen molar-refractivity contribution < 1.29 is 0 Å². The summed E-state index contributed by atoms with van der Waals surface area (Å²) in [6, 6.07) is 6.59. The molecule has 0 spiro atoms. The Hall–Kier alpha value is -1.29. The fourth-order valence-electron chi connectivity index (χ4n) is 2.42. The Balaban J connectivity index is 2.56. The minimum atomic E-state index is 0.326. The highest BCUT2D eigenvalue weighted by Crippen LogP contribution is 2.32. The van der Waals surface area contributed by atoms with Gasteiger partial charge in [-0.1, -0.05) is 35.0 Å². The van der Waals surface area contributed by atoms with Gasteiger partial charge < -0.3 is 10.3 Å². The minimum Gasteiger partial charge on any atom is -0.383 e. The smallest absolute Gasteiger partial charge is 0.131 e. The lowest BCUT2D eigenvalue weighted by molar-refractivity contribution is 0.571. The van der Waals surface area contributed by atoms with Crippen LogP contribution in [0.4, 0.5) is 5.82 Å². The summed E-state index contributed by atoms with van der Waals surface area (Å²) in [5.74, 6) is 1.84. The molecule has 2 aromatic rings. The topological polar surface area (TPSA) is 43.8 Å². The van der Waals surface area contributed by atoms with Crippen molar-refractivity contribution >= 4 is 21.7 Å². The average Bonchev–Trinajstić information content (AvgIpc) is 2.70. The van der Waals surface area contributed by atoms with E-state index in [1.807, 2.05) is 0 Å². The number of halogens is 1. The second kappa shape index (κ2) is 6.00. The largest absolute Gasteiger partial charge is 0.383 e. The molecule has 0 atom stereocenters. The van der Waals surface area contributed by atoms with Crippen LogP contribution in [0.5, 0.6) is 0 Å². The number of hydrogen-bond donors (Lipinski definition) is 1. The molecule has 0 unspecified atom stereocenters. The molecule has 3 nitrogen and oxygen atoms in total. The summed E-state index contributed by atoms with van der Waals surface area (Å²) >= 11 is 3.58. The van der Waals surface area contributed by atoms with E-state index in [2.05, 4.69) is 66.4 Å². The van der Waals surface area contributed by atoms with Crippen molar-refractivity contribution in [1.29, 1.82) is 0 Å². The van der Waals surface area contributed by atoms with E-state index in [1.54, 1.807) is 0 Å². The van der Waals surface area contributed by atoms with E-state index in [4.69, 9.17) is 10.7 Å². The first-order valence-electron chi connectivity index (χ1n) is 7.08. The zero-order chi connectivity index (χ0) is 14.9. The number of hydrogen-bond acceptors (Lipinski definition) is 2. The highest BCUT2D eigenvalue weighted by molar-refractivity contribution is 9.10. The van der Waals surface area contributed by atoms with Crippen molar-refractivity contribution in [2.45, 2.75) is 46.6 Å². The standard InChI is InChI=1S/C16H22BrN3/c1-5-6-14-19-15(16(18)20(14)10(2)3)12-8-7-11(4)13(17)9-12/h7-10H,5-6,18H2,1-4H3. The van der Waals surface area contributed by atoms with Gasteiger partial charge in [0, 0.05) is 22.5 Å². The average molecular weight is 336 g/mol. The molecular formula is C16H22BrN3. The van der Waals surface area contributed by atoms with Gasteiger partial charge in [0.05, 0.1) is 0 Å². The highest BCUT2D eigenvalue weighted by atomic mass is 79.9. The van der Waals surface area contributed by atoms with Crippen molar-refractivity contribution in [2.75, 3.05) is 5.73 Å². The maximum absolute atomic E-state index is 6.34. The number of aryl methyl sites for hydroxylation is 2. The van der Waals surface area contributed by atoms with E-state index in [-0.39, 0.29) is 0 Å². The van der Waals surface area contributed by atoms with Crippen LogP contribution in [0.1, 0.15) is 44.6 Å². The Bertz CT molecular complexity index is 614. The normalized spacial score (nSPS) is 11.3. The SMILES string of the molecule is CCCc1nc(-c2ccc(C)c(Br)c2)c(N)n1C(C)C. The molecule has 4 heteroatoms. The number of rotatable bonds is 4. The van der Waals surface area contributed by atoms with Gasteiger partial charge >= 0.3 is 0 Å². The molecule has 2 N–H and O–H groups in total. The second-order valence-corrected chi connectivity index (χ2v) is 6.29. The molecule has 2 rings (SSSR count). The molecule has 0 bridgehead atoms. The molecule has 108 valence electrons. The third-order valence-electron chi connectivity index (χ3n) is 3.46. The summed E-state index contributed by atoms with van der Waals surface area (Å²) in [5.41, 5.74) is 9.51. The van der Waals surface area contributed by atoms with E-state index in [0.717, 1.165) is 40.2 Å². The molecule has 0 radical (unpaired) electrons. The van der Waals surface area contributed by atoms with Crippen molar-refractivity contribution in [3.05, 3.63) is 34.1 Å². The van der Waals surface area contributed by atoms with E-state index >= 15 is 0 Å². The Morgan fingerprint density at radius 2 is 2.05 bits per heavy atom. The zero-order valence-corrected chi connectivity index (χ0v) is 14.2. The van der Waals surface area contributed by atoms with Crippen molar-refractivity contribution in [2.24, 2.45) is 0 Å². The molecule has 1 aromatic heterocycles. The highest BCUT2D eigenvalue weighted by Gasteiger charge is 2.17. The molecule has 0 saturated carbocycles. The minimum absolute atomic E-state index is 0.326. The number of nitrogen functional groups attached to an aromatic ring is 1. The van der Waals surface area contributed by atoms with Gasteiger partial charge in [0.25, 0.3) is 0 Å². The first-order valence-corrected chi connectivity index (χ1v) is 7.88. The lowest BCUT2D eigenvalue weighted by atomic mass is 10.1. The van der Waals surface area contributed by atoms with E-state index in [9.17, 15) is 0 Å². The molecule has 0 fully saturated rings. The number of nitrogens with zero attached hydrogens (tertiary/aromatic N) is 2. The first-order chi connectivity index (χ1) is 9.45. The van der Waals surface area contributed by atoms with Crippen LogP contribution < -0.4 is 5.73 Å². The van der Waals surface area contributed by atoms with Crippen molar-refractivity contribution in [1.82, 2.24) is 9.55 Å². The second-order valence-electron chi connectivity index (χ2n) is 5.44. The molecule has 0 amide bonds. The van der Waals surface area contributed by atoms with Crippen LogP contribution in [-0.2, 0) is 6.42 Å². The number of benzene rings is 1. The molecule has 0 aliphatic carbocycles. The Morgan fingerprint density at radius 1 is 1.35 bits per heavy atom. The molecular weight excluding hydrogens is 314 g/mol. The van der Waals surface area contributed by atoms with Crippen LogP contribution in [0.3, 0.4) is 0 Å². The van der Waals surface area contributed by atoms with Gasteiger partial charge in [-0.25, -0.2) is 4.98 Å². The molecule has 0 aliphatic rings. The van der Waals surface area contributed by atoms with E-state index in [1.165, 1.54) is 5.56 Å². The number of aromatic nitrogens is 2. The summed E-state index contributed by atoms with van der Waals surface area (Å²) in [5, 5.41) is 0. The molecule has 1 aromatic carbocycles. The predicted molar refractivity (Wildman–Crippen MR) is 88.9 cm³/mol. The summed E-state index contributed by atoms with van der Waals surface area (Å²) < 4.78 is 3.23. The summed E-state index contributed by atoms with van der Waals surface area (Å²) in [4.78, 5) is 4.78. The van der Waals surface area contributed by atoms with Crippen molar-refractivity contribution in [3.63, 3.8) is 0 Å². The van der Waals surface area contributed by atoms with Gasteiger partial charge in [0.2, 0.25) is 0 Å². The lowest BCUT2D eigenvalue weighted by Crippen LogP contribution is -2.09. The predicted octanol–water partition coefficient (Wildman–Crippen LogP) is 4.74. The molecule has 0 saturated heterocycles. The van der Waals surface area contributed by atoms with Gasteiger partial charge in [-0.3, -0.25) is 0 Å². The maximum atomic E-state index is 6.34. The van der Waals surface area contributed by atoms with Crippen molar-refractivity contribution in [3.8, 4) is 11.3 Å². The summed E-state index contributed by atoms with van der Waals surface area (Å²) in [6.45, 7) is 8.53. The maximum Gasteiger partial charge on any atom is 0.131 e. The molecule has 0 aliphatic heterocycles. The Morgan fingerprint density at radius 3 is 2.60 bits per heavy atom. The zero-order valence-electron chi connectivity index (χ0n) is 12.6. The van der Waals surface area contributed by atoms with Crippen LogP contribution in [0.15, 0.2) is 22.7 Å². The van der Waals surface area contributed by atoms with E-state index in [0.29, 0.717) is 6.04 Å². The third-order valence-corrected chi connectivity index (χ3v) is 4.31. The summed E-state index contributed by atoms with van der Waals surface area (Å²) in [6.07, 6.45) is 2.02. The van der Waals surface area contributed by atoms with Gasteiger partial charge in [-0.2, -0.15) is 0 Å². The quantitative estimate of drug-likeness (QED) is 0.877. The van der Waals surface area contributed by atoms with Crippen LogP contribution in [-0.4, -0.2) is 9.55 Å². The van der Waals surface area contributed by atoms with Gasteiger partial charge in [-0.05, 0) is 38.8 Å². The Labute approximate surface area is 129 Å². The molecule has 20 heavy (non-hydrogen) atoms. The van der Waals surface area contributed by atoms with E-state index < -0.39 is 0 Å². The lowest BCUT2D eigenvalue weighted by Gasteiger charge is -2.13. The number of imidazole rings is 1. The monoisotopic (exact) mass is 335 g/mol. The van der Waals surface area contributed by atoms with Crippen LogP contribution in [0.25, 0.3) is 11.3 Å². The van der Waals surface area contributed by atoms with Gasteiger partial charge in [0.1, 0.15) is 17.3 Å². The first kappa shape index (κ1) is 15.1. The fraction of sp³-hybridized carbons (Fsp3) is 0.438. The summed E-state index contributed by atoms with van der Waals surface area (Å²) in [7, 11) is 0. The third kappa shape index (κ3) is 2.75. The number of anilines is 1. The van der Waals surface area contributed by atoms with Crippen LogP contribution >= 0.6 is 15.9 Å². The van der Waals surface area contributed by atoms with Crippen LogP contribution in [0.2, 0.25) is 0 Å².